The maximum absolute atomic E-state index is 5.54. The van der Waals surface area contributed by atoms with E-state index in [4.69, 9.17) is 4.74 Å². The van der Waals surface area contributed by atoms with Crippen molar-refractivity contribution in [1.82, 2.24) is 5.32 Å². The lowest BCUT2D eigenvalue weighted by Gasteiger charge is -2.21. The minimum absolute atomic E-state index is 0.254. The molecule has 0 bridgehead atoms. The van der Waals surface area contributed by atoms with Crippen LogP contribution in [-0.2, 0) is 18.0 Å². The summed E-state index contributed by atoms with van der Waals surface area (Å²) in [5.74, 6) is 0. The first kappa shape index (κ1) is 15.0. The minimum Gasteiger partial charge on any atom is -0.372 e. The monoisotopic (exact) mass is 393 g/mol. The molecule has 2 aromatic carbocycles. The highest BCUT2D eigenvalue weighted by molar-refractivity contribution is 14.1. The number of hydrogen-bond donors (Lipinski definition) is 1. The molecular formula is C18H20INO. The summed E-state index contributed by atoms with van der Waals surface area (Å²) in [6, 6.07) is 15.6. The first-order chi connectivity index (χ1) is 10.3. The van der Waals surface area contributed by atoms with E-state index in [0.717, 1.165) is 26.2 Å². The fourth-order valence-electron chi connectivity index (χ4n) is 2.78. The van der Waals surface area contributed by atoms with E-state index in [9.17, 15) is 0 Å². The fraction of sp³-hybridized carbons (Fsp3) is 0.333. The normalized spacial score (nSPS) is 15.0. The van der Waals surface area contributed by atoms with Gasteiger partial charge in [-0.1, -0.05) is 43.3 Å². The van der Waals surface area contributed by atoms with Crippen LogP contribution in [0.4, 0.5) is 0 Å². The summed E-state index contributed by atoms with van der Waals surface area (Å²) in [4.78, 5) is 0. The van der Waals surface area contributed by atoms with Gasteiger partial charge in [-0.15, -0.1) is 0 Å². The lowest BCUT2D eigenvalue weighted by atomic mass is 9.95. The number of nitrogens with one attached hydrogen (secondary N) is 1. The molecule has 1 unspecified atom stereocenters. The van der Waals surface area contributed by atoms with Crippen molar-refractivity contribution in [3.05, 3.63) is 68.3 Å². The third kappa shape index (κ3) is 3.30. The van der Waals surface area contributed by atoms with Gasteiger partial charge in [0.15, 0.2) is 0 Å². The summed E-state index contributed by atoms with van der Waals surface area (Å²) in [7, 11) is 0. The standard InChI is InChI=1S/C18H20INO/c1-2-9-20-18(16-5-3-4-6-17(16)19)13-7-8-14-11-21-12-15(14)10-13/h3-8,10,18,20H,2,9,11-12H2,1H3. The van der Waals surface area contributed by atoms with Crippen molar-refractivity contribution in [3.63, 3.8) is 0 Å². The zero-order chi connectivity index (χ0) is 14.7. The second-order valence-electron chi connectivity index (χ2n) is 5.43. The van der Waals surface area contributed by atoms with E-state index in [0.29, 0.717) is 0 Å². The van der Waals surface area contributed by atoms with Crippen LogP contribution in [-0.4, -0.2) is 6.54 Å². The number of rotatable bonds is 5. The zero-order valence-corrected chi connectivity index (χ0v) is 14.4. The number of ether oxygens (including phenoxy) is 1. The molecule has 0 aromatic heterocycles. The Hall–Kier alpha value is -0.910. The van der Waals surface area contributed by atoms with Crippen molar-refractivity contribution in [3.8, 4) is 0 Å². The lowest BCUT2D eigenvalue weighted by molar-refractivity contribution is 0.134. The van der Waals surface area contributed by atoms with E-state index in [2.05, 4.69) is 77.3 Å². The average molecular weight is 393 g/mol. The molecule has 110 valence electrons. The Morgan fingerprint density at radius 3 is 2.76 bits per heavy atom. The van der Waals surface area contributed by atoms with Crippen molar-refractivity contribution in [2.75, 3.05) is 6.54 Å². The van der Waals surface area contributed by atoms with Crippen LogP contribution < -0.4 is 5.32 Å². The molecule has 0 saturated carbocycles. The molecule has 1 aliphatic rings. The van der Waals surface area contributed by atoms with E-state index in [-0.39, 0.29) is 6.04 Å². The molecule has 1 atom stereocenters. The fourth-order valence-corrected chi connectivity index (χ4v) is 3.48. The first-order valence-corrected chi connectivity index (χ1v) is 8.54. The molecule has 2 aromatic rings. The highest BCUT2D eigenvalue weighted by atomic mass is 127. The van der Waals surface area contributed by atoms with Crippen LogP contribution in [0.3, 0.4) is 0 Å². The van der Waals surface area contributed by atoms with Crippen LogP contribution in [0.15, 0.2) is 42.5 Å². The van der Waals surface area contributed by atoms with Crippen molar-refractivity contribution in [2.24, 2.45) is 0 Å². The second kappa shape index (κ2) is 6.90. The zero-order valence-electron chi connectivity index (χ0n) is 12.2. The molecule has 0 radical (unpaired) electrons. The molecule has 0 spiro atoms. The number of fused-ring (bicyclic) bond motifs is 1. The molecule has 0 fully saturated rings. The second-order valence-corrected chi connectivity index (χ2v) is 6.59. The Balaban J connectivity index is 1.97. The van der Waals surface area contributed by atoms with Crippen LogP contribution in [0.5, 0.6) is 0 Å². The average Bonchev–Trinajstić information content (AvgIpc) is 2.97. The largest absolute Gasteiger partial charge is 0.372 e. The molecular weight excluding hydrogens is 373 g/mol. The maximum Gasteiger partial charge on any atom is 0.0725 e. The Bertz CT molecular complexity index is 626. The summed E-state index contributed by atoms with van der Waals surface area (Å²) >= 11 is 2.43. The van der Waals surface area contributed by atoms with Gasteiger partial charge in [-0.25, -0.2) is 0 Å². The van der Waals surface area contributed by atoms with Crippen molar-refractivity contribution >= 4 is 22.6 Å². The van der Waals surface area contributed by atoms with Gasteiger partial charge in [0, 0.05) is 3.57 Å². The van der Waals surface area contributed by atoms with Gasteiger partial charge >= 0.3 is 0 Å². The van der Waals surface area contributed by atoms with Gasteiger partial charge in [-0.2, -0.15) is 0 Å². The van der Waals surface area contributed by atoms with Crippen molar-refractivity contribution in [1.29, 1.82) is 0 Å². The summed E-state index contributed by atoms with van der Waals surface area (Å²) in [5, 5.41) is 3.69. The van der Waals surface area contributed by atoms with Crippen LogP contribution in [0, 0.1) is 3.57 Å². The van der Waals surface area contributed by atoms with Gasteiger partial charge in [0.25, 0.3) is 0 Å². The summed E-state index contributed by atoms with van der Waals surface area (Å²) in [6.45, 7) is 4.72. The van der Waals surface area contributed by atoms with Crippen molar-refractivity contribution < 1.29 is 4.74 Å². The van der Waals surface area contributed by atoms with Gasteiger partial charge in [-0.3, -0.25) is 0 Å². The van der Waals surface area contributed by atoms with E-state index < -0.39 is 0 Å². The first-order valence-electron chi connectivity index (χ1n) is 7.47. The Labute approximate surface area is 140 Å². The van der Waals surface area contributed by atoms with E-state index in [1.54, 1.807) is 0 Å². The van der Waals surface area contributed by atoms with Crippen LogP contribution in [0.25, 0.3) is 0 Å². The third-order valence-electron chi connectivity index (χ3n) is 3.89. The quantitative estimate of drug-likeness (QED) is 0.760. The predicted molar refractivity (Wildman–Crippen MR) is 94.2 cm³/mol. The molecule has 2 nitrogen and oxygen atoms in total. The van der Waals surface area contributed by atoms with Gasteiger partial charge in [0.1, 0.15) is 0 Å². The Kier molecular flexibility index (Phi) is 4.93. The molecule has 3 heteroatoms. The number of benzene rings is 2. The SMILES string of the molecule is CCCNC(c1ccc2c(c1)COC2)c1ccccc1I. The van der Waals surface area contributed by atoms with Crippen LogP contribution in [0.2, 0.25) is 0 Å². The smallest absolute Gasteiger partial charge is 0.0725 e. The van der Waals surface area contributed by atoms with Gasteiger partial charge < -0.3 is 10.1 Å². The molecule has 21 heavy (non-hydrogen) atoms. The molecule has 0 saturated heterocycles. The topological polar surface area (TPSA) is 21.3 Å². The van der Waals surface area contributed by atoms with Crippen LogP contribution >= 0.6 is 22.6 Å². The van der Waals surface area contributed by atoms with Gasteiger partial charge in [-0.05, 0) is 63.9 Å². The molecule has 1 heterocycles. The van der Waals surface area contributed by atoms with Crippen LogP contribution in [0.1, 0.15) is 41.6 Å². The molecule has 1 N–H and O–H groups in total. The highest BCUT2D eigenvalue weighted by Crippen LogP contribution is 2.29. The van der Waals surface area contributed by atoms with Gasteiger partial charge in [0.2, 0.25) is 0 Å². The Morgan fingerprint density at radius 1 is 1.14 bits per heavy atom. The van der Waals surface area contributed by atoms with E-state index in [1.165, 1.54) is 25.8 Å². The number of hydrogen-bond acceptors (Lipinski definition) is 2. The molecule has 0 aliphatic carbocycles. The molecule has 0 amide bonds. The summed E-state index contributed by atoms with van der Waals surface area (Å²) < 4.78 is 6.84. The molecule has 1 aliphatic heterocycles. The summed E-state index contributed by atoms with van der Waals surface area (Å²) in [6.07, 6.45) is 1.13. The highest BCUT2D eigenvalue weighted by Gasteiger charge is 2.19. The van der Waals surface area contributed by atoms with E-state index >= 15 is 0 Å². The maximum atomic E-state index is 5.54. The van der Waals surface area contributed by atoms with E-state index in [1.807, 2.05) is 0 Å². The molecule has 3 rings (SSSR count). The predicted octanol–water partition coefficient (Wildman–Crippen LogP) is 4.41. The Morgan fingerprint density at radius 2 is 1.95 bits per heavy atom. The van der Waals surface area contributed by atoms with Crippen molar-refractivity contribution in [2.45, 2.75) is 32.6 Å². The minimum atomic E-state index is 0.254. The third-order valence-corrected chi connectivity index (χ3v) is 4.88. The summed E-state index contributed by atoms with van der Waals surface area (Å²) in [5.41, 5.74) is 5.35. The lowest BCUT2D eigenvalue weighted by Crippen LogP contribution is -2.24. The number of halogens is 1. The van der Waals surface area contributed by atoms with Gasteiger partial charge in [0.05, 0.1) is 19.3 Å².